The SMILES string of the molecule is CNC(=S)C1(c2cccnc2)CCCCC1OC(=O)c1ccccc1. The van der Waals surface area contributed by atoms with Crippen molar-refractivity contribution in [3.8, 4) is 0 Å². The quantitative estimate of drug-likeness (QED) is 0.671. The third kappa shape index (κ3) is 3.42. The zero-order valence-electron chi connectivity index (χ0n) is 14.3. The van der Waals surface area contributed by atoms with E-state index in [1.165, 1.54) is 0 Å². The van der Waals surface area contributed by atoms with Crippen molar-refractivity contribution >= 4 is 23.2 Å². The maximum Gasteiger partial charge on any atom is 0.338 e. The first-order chi connectivity index (χ1) is 12.2. The van der Waals surface area contributed by atoms with Gasteiger partial charge >= 0.3 is 5.97 Å². The topological polar surface area (TPSA) is 51.2 Å². The summed E-state index contributed by atoms with van der Waals surface area (Å²) in [6, 6.07) is 13.0. The van der Waals surface area contributed by atoms with Gasteiger partial charge in [0, 0.05) is 19.4 Å². The van der Waals surface area contributed by atoms with Gasteiger partial charge < -0.3 is 10.1 Å². The predicted octanol–water partition coefficient (Wildman–Crippen LogP) is 3.67. The van der Waals surface area contributed by atoms with Crippen LogP contribution in [-0.4, -0.2) is 29.1 Å². The van der Waals surface area contributed by atoms with Crippen LogP contribution in [0.25, 0.3) is 0 Å². The molecule has 3 rings (SSSR count). The van der Waals surface area contributed by atoms with Crippen molar-refractivity contribution in [2.75, 3.05) is 7.05 Å². The number of benzene rings is 1. The lowest BCUT2D eigenvalue weighted by molar-refractivity contribution is 0.00430. The predicted molar refractivity (Wildman–Crippen MR) is 102 cm³/mol. The van der Waals surface area contributed by atoms with Crippen molar-refractivity contribution in [3.05, 3.63) is 66.0 Å². The smallest absolute Gasteiger partial charge is 0.338 e. The van der Waals surface area contributed by atoms with Crippen LogP contribution < -0.4 is 5.32 Å². The number of carbonyl (C=O) groups excluding carboxylic acids is 1. The highest BCUT2D eigenvalue weighted by Gasteiger charge is 2.48. The van der Waals surface area contributed by atoms with Gasteiger partial charge in [-0.15, -0.1) is 0 Å². The molecule has 0 bridgehead atoms. The fourth-order valence-corrected chi connectivity index (χ4v) is 3.99. The van der Waals surface area contributed by atoms with E-state index in [9.17, 15) is 4.79 Å². The molecule has 0 radical (unpaired) electrons. The Morgan fingerprint density at radius 1 is 1.24 bits per heavy atom. The molecule has 2 unspecified atom stereocenters. The number of carbonyl (C=O) groups is 1. The third-order valence-electron chi connectivity index (χ3n) is 4.90. The normalized spacial score (nSPS) is 22.8. The van der Waals surface area contributed by atoms with E-state index >= 15 is 0 Å². The summed E-state index contributed by atoms with van der Waals surface area (Å²) in [7, 11) is 1.82. The van der Waals surface area contributed by atoms with E-state index in [1.807, 2.05) is 43.6 Å². The molecule has 2 aromatic rings. The summed E-state index contributed by atoms with van der Waals surface area (Å²) < 4.78 is 5.98. The molecule has 1 fully saturated rings. The van der Waals surface area contributed by atoms with Crippen LogP contribution in [0, 0.1) is 0 Å². The first-order valence-electron chi connectivity index (χ1n) is 8.57. The number of rotatable bonds is 4. The standard InChI is InChI=1S/C20H22N2O2S/c1-21-19(25)20(16-10-7-13-22-14-16)12-6-5-11-17(20)24-18(23)15-8-3-2-4-9-15/h2-4,7-10,13-14,17H,5-6,11-12H2,1H3,(H,21,25). The minimum absolute atomic E-state index is 0.306. The van der Waals surface area contributed by atoms with Gasteiger partial charge in [0.15, 0.2) is 0 Å². The van der Waals surface area contributed by atoms with Crippen LogP contribution in [0.4, 0.5) is 0 Å². The zero-order valence-corrected chi connectivity index (χ0v) is 15.1. The second kappa shape index (κ2) is 7.74. The molecule has 1 N–H and O–H groups in total. The number of aromatic nitrogens is 1. The fraction of sp³-hybridized carbons (Fsp3) is 0.350. The van der Waals surface area contributed by atoms with Gasteiger partial charge in [-0.05, 0) is 43.0 Å². The monoisotopic (exact) mass is 354 g/mol. The second-order valence-electron chi connectivity index (χ2n) is 6.30. The molecule has 2 atom stereocenters. The number of esters is 1. The minimum Gasteiger partial charge on any atom is -0.457 e. The van der Waals surface area contributed by atoms with E-state index < -0.39 is 5.41 Å². The number of hydrogen-bond donors (Lipinski definition) is 1. The number of hydrogen-bond acceptors (Lipinski definition) is 4. The molecule has 1 aromatic carbocycles. The van der Waals surface area contributed by atoms with Crippen LogP contribution in [0.15, 0.2) is 54.9 Å². The Morgan fingerprint density at radius 3 is 2.72 bits per heavy atom. The summed E-state index contributed by atoms with van der Waals surface area (Å²) in [6.45, 7) is 0. The van der Waals surface area contributed by atoms with Crippen molar-refractivity contribution < 1.29 is 9.53 Å². The molecule has 1 saturated carbocycles. The van der Waals surface area contributed by atoms with Crippen LogP contribution in [0.1, 0.15) is 41.6 Å². The van der Waals surface area contributed by atoms with Gasteiger partial charge in [-0.2, -0.15) is 0 Å². The molecule has 0 saturated heterocycles. The maximum atomic E-state index is 12.6. The van der Waals surface area contributed by atoms with Crippen LogP contribution in [0.3, 0.4) is 0 Å². The molecular formula is C20H22N2O2S. The van der Waals surface area contributed by atoms with Gasteiger partial charge in [-0.3, -0.25) is 4.98 Å². The number of ether oxygens (including phenoxy) is 1. The Kier molecular flexibility index (Phi) is 5.43. The number of nitrogens with zero attached hydrogens (tertiary/aromatic N) is 1. The molecule has 130 valence electrons. The maximum absolute atomic E-state index is 12.6. The van der Waals surface area contributed by atoms with Gasteiger partial charge in [0.2, 0.25) is 0 Å². The van der Waals surface area contributed by atoms with Crippen LogP contribution in [-0.2, 0) is 10.2 Å². The summed E-state index contributed by atoms with van der Waals surface area (Å²) in [6.07, 6.45) is 6.95. The molecule has 1 aliphatic carbocycles. The van der Waals surface area contributed by atoms with E-state index in [4.69, 9.17) is 17.0 Å². The minimum atomic E-state index is -0.527. The summed E-state index contributed by atoms with van der Waals surface area (Å²) in [4.78, 5) is 17.6. The van der Waals surface area contributed by atoms with Crippen LogP contribution in [0.5, 0.6) is 0 Å². The van der Waals surface area contributed by atoms with Gasteiger partial charge in [0.25, 0.3) is 0 Å². The Balaban J connectivity index is 1.97. The molecular weight excluding hydrogens is 332 g/mol. The molecule has 0 aliphatic heterocycles. The highest BCUT2D eigenvalue weighted by Crippen LogP contribution is 2.42. The summed E-state index contributed by atoms with van der Waals surface area (Å²) in [5.74, 6) is -0.306. The highest BCUT2D eigenvalue weighted by atomic mass is 32.1. The molecule has 1 heterocycles. The van der Waals surface area contributed by atoms with E-state index in [-0.39, 0.29) is 12.1 Å². The third-order valence-corrected chi connectivity index (χ3v) is 5.47. The first kappa shape index (κ1) is 17.5. The average Bonchev–Trinajstić information content (AvgIpc) is 2.69. The van der Waals surface area contributed by atoms with Crippen molar-refractivity contribution in [1.29, 1.82) is 0 Å². The van der Waals surface area contributed by atoms with E-state index in [2.05, 4.69) is 10.3 Å². The Labute approximate surface area is 153 Å². The highest BCUT2D eigenvalue weighted by molar-refractivity contribution is 7.80. The fourth-order valence-electron chi connectivity index (χ4n) is 3.64. The lowest BCUT2D eigenvalue weighted by Gasteiger charge is -2.43. The van der Waals surface area contributed by atoms with Gasteiger partial charge in [0.05, 0.1) is 16.0 Å². The zero-order chi connectivity index (χ0) is 17.7. The first-order valence-corrected chi connectivity index (χ1v) is 8.98. The number of thiocarbonyl (C=S) groups is 1. The molecule has 5 heteroatoms. The summed E-state index contributed by atoms with van der Waals surface area (Å²) in [5.41, 5.74) is 1.03. The van der Waals surface area contributed by atoms with E-state index in [1.54, 1.807) is 18.3 Å². The molecule has 4 nitrogen and oxygen atoms in total. The number of pyridine rings is 1. The van der Waals surface area contributed by atoms with Crippen molar-refractivity contribution in [1.82, 2.24) is 10.3 Å². The molecule has 0 amide bonds. The van der Waals surface area contributed by atoms with Crippen molar-refractivity contribution in [3.63, 3.8) is 0 Å². The molecule has 0 spiro atoms. The molecule has 1 aromatic heterocycles. The second-order valence-corrected chi connectivity index (χ2v) is 6.71. The van der Waals surface area contributed by atoms with Gasteiger partial charge in [-0.1, -0.05) is 42.9 Å². The van der Waals surface area contributed by atoms with Gasteiger partial charge in [-0.25, -0.2) is 4.79 Å². The lowest BCUT2D eigenvalue weighted by atomic mass is 9.67. The van der Waals surface area contributed by atoms with Gasteiger partial charge in [0.1, 0.15) is 6.10 Å². The largest absolute Gasteiger partial charge is 0.457 e. The Bertz CT molecular complexity index is 736. The van der Waals surface area contributed by atoms with E-state index in [0.29, 0.717) is 10.6 Å². The lowest BCUT2D eigenvalue weighted by Crippen LogP contribution is -2.53. The number of nitrogens with one attached hydrogen (secondary N) is 1. The summed E-state index contributed by atoms with van der Waals surface area (Å²) in [5, 5.41) is 3.13. The van der Waals surface area contributed by atoms with Crippen molar-refractivity contribution in [2.24, 2.45) is 0 Å². The number of likely N-dealkylation sites (N-methyl/N-ethyl adjacent to an activating group) is 1. The Hall–Kier alpha value is -2.27. The van der Waals surface area contributed by atoms with E-state index in [0.717, 1.165) is 31.2 Å². The Morgan fingerprint density at radius 2 is 2.04 bits per heavy atom. The van der Waals surface area contributed by atoms with Crippen LogP contribution in [0.2, 0.25) is 0 Å². The van der Waals surface area contributed by atoms with Crippen molar-refractivity contribution in [2.45, 2.75) is 37.2 Å². The summed E-state index contributed by atoms with van der Waals surface area (Å²) >= 11 is 5.69. The molecule has 25 heavy (non-hydrogen) atoms. The van der Waals surface area contributed by atoms with Crippen LogP contribution >= 0.6 is 12.2 Å². The average molecular weight is 354 g/mol. The molecule has 1 aliphatic rings.